The molecule has 43 heavy (non-hydrogen) atoms. The Morgan fingerprint density at radius 2 is 1.05 bits per heavy atom. The molecule has 6 nitrogen and oxygen atoms in total. The number of benzene rings is 2. The van der Waals surface area contributed by atoms with Crippen LogP contribution in [0.3, 0.4) is 0 Å². The molecule has 0 unspecified atom stereocenters. The van der Waals surface area contributed by atoms with E-state index in [1.54, 1.807) is 11.8 Å². The lowest BCUT2D eigenvalue weighted by atomic mass is 10.2. The van der Waals surface area contributed by atoms with Crippen molar-refractivity contribution in [1.82, 2.24) is 4.90 Å². The van der Waals surface area contributed by atoms with Crippen LogP contribution in [0.5, 0.6) is 0 Å². The molecule has 0 radical (unpaired) electrons. The number of Topliss-reactive ketones (excluding diaryl/α,β-unsaturated/α-hetero) is 2. The van der Waals surface area contributed by atoms with Crippen molar-refractivity contribution in [1.29, 1.82) is 0 Å². The summed E-state index contributed by atoms with van der Waals surface area (Å²) in [6, 6.07) is 18.6. The Labute approximate surface area is 256 Å². The quantitative estimate of drug-likeness (QED) is 0.288. The second kappa shape index (κ2) is 25.4. The van der Waals surface area contributed by atoms with Crippen molar-refractivity contribution in [3.63, 3.8) is 0 Å². The lowest BCUT2D eigenvalue weighted by Gasteiger charge is -2.20. The first-order valence-electron chi connectivity index (χ1n) is 13.2. The van der Waals surface area contributed by atoms with Gasteiger partial charge in [0.05, 0.1) is 0 Å². The molecule has 2 aromatic rings. The summed E-state index contributed by atoms with van der Waals surface area (Å²) in [5, 5.41) is 2.67. The van der Waals surface area contributed by atoms with Gasteiger partial charge in [0.15, 0.2) is 5.78 Å². The number of amides is 2. The summed E-state index contributed by atoms with van der Waals surface area (Å²) in [6.07, 6.45) is 0. The summed E-state index contributed by atoms with van der Waals surface area (Å²) in [5.74, 6) is 0.223. The Balaban J connectivity index is 0. The SMILES string of the molecule is C=C=C=C=C=C(C)CN(CC(C)=C=C=C=C=C)C(C)=O.CC(=O)Nc1ccccc1.CC(=O)c1ccccc1.CC(C)=O. The lowest BCUT2D eigenvalue weighted by Crippen LogP contribution is -2.31. The van der Waals surface area contributed by atoms with Gasteiger partial charge < -0.3 is 15.0 Å². The third-order valence-electron chi connectivity index (χ3n) is 4.43. The van der Waals surface area contributed by atoms with Crippen LogP contribution in [0.15, 0.2) is 131 Å². The van der Waals surface area contributed by atoms with E-state index in [2.05, 4.69) is 64.3 Å². The van der Waals surface area contributed by atoms with Crippen LogP contribution in [0, 0.1) is 0 Å². The Morgan fingerprint density at radius 3 is 1.35 bits per heavy atom. The van der Waals surface area contributed by atoms with Crippen LogP contribution < -0.4 is 5.32 Å². The Bertz CT molecular complexity index is 1470. The molecule has 2 rings (SSSR count). The second-order valence-electron chi connectivity index (χ2n) is 8.92. The zero-order valence-electron chi connectivity index (χ0n) is 26.2. The maximum Gasteiger partial charge on any atom is 0.221 e. The molecule has 0 fully saturated rings. The Morgan fingerprint density at radius 1 is 0.651 bits per heavy atom. The minimum absolute atomic E-state index is 0.0289. The van der Waals surface area contributed by atoms with Gasteiger partial charge in [-0.25, -0.2) is 0 Å². The summed E-state index contributed by atoms with van der Waals surface area (Å²) in [5.41, 5.74) is 24.5. The molecular weight excluding hydrogens is 536 g/mol. The molecule has 0 saturated carbocycles. The van der Waals surface area contributed by atoms with E-state index >= 15 is 0 Å². The van der Waals surface area contributed by atoms with Gasteiger partial charge in [0.1, 0.15) is 5.78 Å². The standard InChI is InChI=1S/C18H17NO.C8H9NO.C8H8O.C3H6O/c1-6-8-10-12-16(3)14-19(18(5)20)15-17(4)13-11-9-7-2;1-7(10)9-8-5-3-2-4-6-8;1-7(9)8-5-3-2-4-6-8;1-3(2)4/h1-2,14-15H2,3-5H3;2-6H,1H3,(H,9,10);2-6H,1H3;1-2H3. The highest BCUT2D eigenvalue weighted by Crippen LogP contribution is 2.04. The molecule has 0 aliphatic carbocycles. The van der Waals surface area contributed by atoms with E-state index in [1.807, 2.05) is 74.5 Å². The third-order valence-corrected chi connectivity index (χ3v) is 4.43. The summed E-state index contributed by atoms with van der Waals surface area (Å²) < 4.78 is 0. The molecule has 0 aromatic heterocycles. The van der Waals surface area contributed by atoms with Crippen molar-refractivity contribution in [3.8, 4) is 0 Å². The van der Waals surface area contributed by atoms with Crippen molar-refractivity contribution in [2.45, 2.75) is 48.5 Å². The predicted octanol–water partition coefficient (Wildman–Crippen LogP) is 7.36. The van der Waals surface area contributed by atoms with E-state index in [4.69, 9.17) is 0 Å². The van der Waals surface area contributed by atoms with Crippen molar-refractivity contribution < 1.29 is 19.2 Å². The second-order valence-corrected chi connectivity index (χ2v) is 8.92. The van der Waals surface area contributed by atoms with E-state index in [0.717, 1.165) is 22.4 Å². The molecule has 0 heterocycles. The number of hydrogen-bond acceptors (Lipinski definition) is 4. The van der Waals surface area contributed by atoms with Crippen LogP contribution in [0.1, 0.15) is 58.8 Å². The number of hydrogen-bond donors (Lipinski definition) is 1. The molecular formula is C37H40N2O4. The number of ketones is 2. The first-order valence-corrected chi connectivity index (χ1v) is 13.2. The number of nitrogens with one attached hydrogen (secondary N) is 1. The molecule has 0 aliphatic heterocycles. The smallest absolute Gasteiger partial charge is 0.221 e. The summed E-state index contributed by atoms with van der Waals surface area (Å²) in [4.78, 5) is 43.9. The Hall–Kier alpha value is -5.56. The van der Waals surface area contributed by atoms with Gasteiger partial charge in [0.25, 0.3) is 0 Å². The van der Waals surface area contributed by atoms with Gasteiger partial charge in [0.2, 0.25) is 11.8 Å². The van der Waals surface area contributed by atoms with Gasteiger partial charge in [-0.05, 0) is 94.0 Å². The number of carbonyl (C=O) groups excluding carboxylic acids is 4. The molecule has 2 aromatic carbocycles. The average Bonchev–Trinajstić information content (AvgIpc) is 2.94. The fraction of sp³-hybridized carbons (Fsp3) is 0.243. The van der Waals surface area contributed by atoms with Crippen molar-refractivity contribution in [2.75, 3.05) is 18.4 Å². The van der Waals surface area contributed by atoms with Crippen LogP contribution in [0.25, 0.3) is 0 Å². The average molecular weight is 577 g/mol. The number of anilines is 1. The molecule has 2 amide bonds. The third kappa shape index (κ3) is 26.4. The first-order chi connectivity index (χ1) is 20.3. The Kier molecular flexibility index (Phi) is 23.4. The number of carbonyl (C=O) groups is 4. The zero-order valence-corrected chi connectivity index (χ0v) is 26.2. The zero-order chi connectivity index (χ0) is 33.0. The van der Waals surface area contributed by atoms with Crippen LogP contribution in [-0.2, 0) is 14.4 Å². The van der Waals surface area contributed by atoms with Gasteiger partial charge in [0, 0.05) is 38.2 Å². The van der Waals surface area contributed by atoms with Gasteiger partial charge in [-0.1, -0.05) is 71.5 Å². The lowest BCUT2D eigenvalue weighted by molar-refractivity contribution is -0.128. The van der Waals surface area contributed by atoms with Crippen LogP contribution >= 0.6 is 0 Å². The van der Waals surface area contributed by atoms with Crippen LogP contribution in [0.2, 0.25) is 0 Å². The van der Waals surface area contributed by atoms with Gasteiger partial charge in [-0.15, -0.1) is 0 Å². The van der Waals surface area contributed by atoms with E-state index in [-0.39, 0.29) is 23.4 Å². The molecule has 222 valence electrons. The molecule has 1 N–H and O–H groups in total. The minimum atomic E-state index is -0.0359. The molecule has 0 bridgehead atoms. The van der Waals surface area contributed by atoms with Crippen LogP contribution in [0.4, 0.5) is 5.69 Å². The monoisotopic (exact) mass is 576 g/mol. The first kappa shape index (κ1) is 39.6. The van der Waals surface area contributed by atoms with E-state index in [9.17, 15) is 19.2 Å². The van der Waals surface area contributed by atoms with Gasteiger partial charge in [-0.2, -0.15) is 0 Å². The van der Waals surface area contributed by atoms with E-state index in [1.165, 1.54) is 27.7 Å². The highest BCUT2D eigenvalue weighted by Gasteiger charge is 2.09. The van der Waals surface area contributed by atoms with Crippen LogP contribution in [-0.4, -0.2) is 41.4 Å². The molecule has 0 spiro atoms. The summed E-state index contributed by atoms with van der Waals surface area (Å²) >= 11 is 0. The maximum atomic E-state index is 11.6. The molecule has 0 aliphatic rings. The summed E-state index contributed by atoms with van der Waals surface area (Å²) in [7, 11) is 0. The van der Waals surface area contributed by atoms with Gasteiger partial charge in [-0.3, -0.25) is 14.4 Å². The number of nitrogens with zero attached hydrogens (tertiary/aromatic N) is 1. The molecule has 0 saturated heterocycles. The highest BCUT2D eigenvalue weighted by atomic mass is 16.2. The topological polar surface area (TPSA) is 83.6 Å². The number of para-hydroxylation sites is 1. The van der Waals surface area contributed by atoms with E-state index in [0.29, 0.717) is 13.1 Å². The van der Waals surface area contributed by atoms with Crippen molar-refractivity contribution in [3.05, 3.63) is 136 Å². The predicted molar refractivity (Wildman–Crippen MR) is 174 cm³/mol. The number of rotatable bonds is 6. The molecule has 0 atom stereocenters. The fourth-order valence-corrected chi connectivity index (χ4v) is 2.69. The minimum Gasteiger partial charge on any atom is -0.334 e. The highest BCUT2D eigenvalue weighted by molar-refractivity contribution is 5.93. The van der Waals surface area contributed by atoms with Crippen molar-refractivity contribution >= 4 is 29.1 Å². The fourth-order valence-electron chi connectivity index (χ4n) is 2.69. The van der Waals surface area contributed by atoms with Gasteiger partial charge >= 0.3 is 0 Å². The van der Waals surface area contributed by atoms with E-state index < -0.39 is 0 Å². The maximum absolute atomic E-state index is 11.6. The normalized spacial score (nSPS) is 7.88. The molecule has 6 heteroatoms. The summed E-state index contributed by atoms with van der Waals surface area (Å²) in [6.45, 7) is 19.0. The van der Waals surface area contributed by atoms with Crippen molar-refractivity contribution in [2.24, 2.45) is 0 Å². The largest absolute Gasteiger partial charge is 0.334 e.